The number of amides is 1. The summed E-state index contributed by atoms with van der Waals surface area (Å²) in [6, 6.07) is 13.5. The first-order valence-electron chi connectivity index (χ1n) is 9.42. The number of hydrogen-bond acceptors (Lipinski definition) is 3. The molecule has 1 aliphatic rings. The van der Waals surface area contributed by atoms with Gasteiger partial charge < -0.3 is 4.90 Å². The summed E-state index contributed by atoms with van der Waals surface area (Å²) in [4.78, 5) is 14.6. The molecule has 1 heterocycles. The van der Waals surface area contributed by atoms with Gasteiger partial charge in [-0.2, -0.15) is 5.10 Å². The number of carbonyl (C=O) groups is 1. The number of anilines is 1. The van der Waals surface area contributed by atoms with Gasteiger partial charge in [-0.05, 0) is 70.0 Å². The molecule has 0 atom stereocenters. The number of nitrogens with one attached hydrogen (secondary N) is 1. The number of halogens is 1. The van der Waals surface area contributed by atoms with Crippen molar-refractivity contribution < 1.29 is 4.79 Å². The number of hydrazone groups is 1. The first-order chi connectivity index (χ1) is 13.2. The fourth-order valence-electron chi connectivity index (χ4n) is 3.96. The van der Waals surface area contributed by atoms with E-state index < -0.39 is 0 Å². The van der Waals surface area contributed by atoms with Crippen molar-refractivity contribution in [2.45, 2.75) is 46.2 Å². The predicted molar refractivity (Wildman–Crippen MR) is 118 cm³/mol. The Morgan fingerprint density at radius 2 is 1.93 bits per heavy atom. The fourth-order valence-corrected chi connectivity index (χ4v) is 4.18. The Balaban J connectivity index is 1.82. The number of carbonyl (C=O) groups excluding carboxylic acids is 1. The van der Waals surface area contributed by atoms with Crippen molar-refractivity contribution in [2.75, 3.05) is 4.90 Å². The van der Waals surface area contributed by atoms with Crippen molar-refractivity contribution in [3.8, 4) is 0 Å². The summed E-state index contributed by atoms with van der Waals surface area (Å²) in [7, 11) is 0. The van der Waals surface area contributed by atoms with E-state index in [1.54, 1.807) is 30.5 Å². The van der Waals surface area contributed by atoms with Gasteiger partial charge in [-0.25, -0.2) is 5.43 Å². The average Bonchev–Trinajstić information content (AvgIpc) is 2.61. The number of rotatable bonds is 4. The SMILES string of the molecule is CC1=CC(C)(C)N(C(C)C)c2ccc(/C=N\NC(=O)c3ccccc3Cl)cc21. The molecule has 0 fully saturated rings. The predicted octanol–water partition coefficient (Wildman–Crippen LogP) is 5.51. The van der Waals surface area contributed by atoms with Gasteiger partial charge in [-0.1, -0.05) is 35.9 Å². The Labute approximate surface area is 171 Å². The van der Waals surface area contributed by atoms with Gasteiger partial charge in [0.15, 0.2) is 0 Å². The molecule has 3 rings (SSSR count). The zero-order chi connectivity index (χ0) is 20.5. The molecule has 0 bridgehead atoms. The summed E-state index contributed by atoms with van der Waals surface area (Å²) in [5, 5.41) is 4.50. The highest BCUT2D eigenvalue weighted by Gasteiger charge is 2.32. The Hall–Kier alpha value is -2.59. The quantitative estimate of drug-likeness (QED) is 0.547. The van der Waals surface area contributed by atoms with Gasteiger partial charge in [-0.15, -0.1) is 0 Å². The average molecular weight is 396 g/mol. The van der Waals surface area contributed by atoms with Gasteiger partial charge in [0.2, 0.25) is 0 Å². The summed E-state index contributed by atoms with van der Waals surface area (Å²) in [5.41, 5.74) is 7.48. The van der Waals surface area contributed by atoms with Crippen LogP contribution >= 0.6 is 11.6 Å². The van der Waals surface area contributed by atoms with Crippen molar-refractivity contribution in [1.82, 2.24) is 5.43 Å². The van der Waals surface area contributed by atoms with Crippen molar-refractivity contribution in [2.24, 2.45) is 5.10 Å². The third-order valence-corrected chi connectivity index (χ3v) is 5.24. The van der Waals surface area contributed by atoms with Crippen molar-refractivity contribution in [1.29, 1.82) is 0 Å². The minimum atomic E-state index is -0.330. The van der Waals surface area contributed by atoms with E-state index in [1.807, 2.05) is 6.07 Å². The van der Waals surface area contributed by atoms with Gasteiger partial charge in [-0.3, -0.25) is 4.79 Å². The molecule has 0 aliphatic carbocycles. The van der Waals surface area contributed by atoms with Gasteiger partial charge in [0.05, 0.1) is 22.3 Å². The number of allylic oxidation sites excluding steroid dienone is 1. The molecule has 0 unspecified atom stereocenters. The molecule has 4 nitrogen and oxygen atoms in total. The molecule has 0 saturated heterocycles. The van der Waals surface area contributed by atoms with Crippen LogP contribution in [0.5, 0.6) is 0 Å². The van der Waals surface area contributed by atoms with Crippen LogP contribution < -0.4 is 10.3 Å². The fraction of sp³-hybridized carbons (Fsp3) is 0.304. The molecule has 5 heteroatoms. The lowest BCUT2D eigenvalue weighted by Crippen LogP contribution is -2.49. The monoisotopic (exact) mass is 395 g/mol. The zero-order valence-electron chi connectivity index (χ0n) is 17.0. The second kappa shape index (κ2) is 7.80. The lowest BCUT2D eigenvalue weighted by Gasteiger charge is -2.46. The van der Waals surface area contributed by atoms with E-state index in [-0.39, 0.29) is 11.4 Å². The van der Waals surface area contributed by atoms with Gasteiger partial charge in [0.25, 0.3) is 5.91 Å². The minimum Gasteiger partial charge on any atom is -0.360 e. The zero-order valence-corrected chi connectivity index (χ0v) is 17.7. The molecule has 1 amide bonds. The smallest absolute Gasteiger partial charge is 0.272 e. The Kier molecular flexibility index (Phi) is 5.61. The van der Waals surface area contributed by atoms with Crippen LogP contribution in [0.2, 0.25) is 5.02 Å². The molecular formula is C23H26ClN3O. The van der Waals surface area contributed by atoms with Gasteiger partial charge >= 0.3 is 0 Å². The molecule has 1 aliphatic heterocycles. The van der Waals surface area contributed by atoms with Crippen LogP contribution in [0.3, 0.4) is 0 Å². The third-order valence-electron chi connectivity index (χ3n) is 4.91. The van der Waals surface area contributed by atoms with E-state index in [0.717, 1.165) is 5.56 Å². The highest BCUT2D eigenvalue weighted by Crippen LogP contribution is 2.40. The Morgan fingerprint density at radius 1 is 1.21 bits per heavy atom. The minimum absolute atomic E-state index is 0.0379. The molecule has 0 aromatic heterocycles. The van der Waals surface area contributed by atoms with E-state index in [4.69, 9.17) is 11.6 Å². The second-order valence-electron chi connectivity index (χ2n) is 7.90. The first kappa shape index (κ1) is 20.2. The lowest BCUT2D eigenvalue weighted by atomic mass is 9.87. The van der Waals surface area contributed by atoms with E-state index in [9.17, 15) is 4.79 Å². The van der Waals surface area contributed by atoms with E-state index in [1.165, 1.54) is 16.8 Å². The molecule has 0 radical (unpaired) electrons. The summed E-state index contributed by atoms with van der Waals surface area (Å²) in [5.74, 6) is -0.330. The molecule has 2 aromatic carbocycles. The maximum Gasteiger partial charge on any atom is 0.272 e. The lowest BCUT2D eigenvalue weighted by molar-refractivity contribution is 0.0955. The molecule has 146 valence electrons. The summed E-state index contributed by atoms with van der Waals surface area (Å²) >= 11 is 6.05. The van der Waals surface area contributed by atoms with Crippen molar-refractivity contribution in [3.63, 3.8) is 0 Å². The van der Waals surface area contributed by atoms with Crippen LogP contribution in [-0.2, 0) is 0 Å². The standard InChI is InChI=1S/C23H26ClN3O/c1-15(2)27-21-11-10-17(12-19(21)16(3)13-23(27,4)5)14-25-26-22(28)18-8-6-7-9-20(18)24/h6-15H,1-5H3,(H,26,28)/b25-14-. The number of nitrogens with zero attached hydrogens (tertiary/aromatic N) is 2. The molecule has 2 aromatic rings. The normalized spacial score (nSPS) is 15.5. The van der Waals surface area contributed by atoms with Crippen LogP contribution in [0.15, 0.2) is 53.6 Å². The Bertz CT molecular complexity index is 960. The summed E-state index contributed by atoms with van der Waals surface area (Å²) in [6.45, 7) is 11.0. The van der Waals surface area contributed by atoms with Crippen molar-refractivity contribution >= 4 is 35.0 Å². The Morgan fingerprint density at radius 3 is 2.61 bits per heavy atom. The molecule has 28 heavy (non-hydrogen) atoms. The maximum absolute atomic E-state index is 12.2. The van der Waals surface area contributed by atoms with E-state index in [0.29, 0.717) is 16.6 Å². The maximum atomic E-state index is 12.2. The van der Waals surface area contributed by atoms with E-state index in [2.05, 4.69) is 68.3 Å². The van der Waals surface area contributed by atoms with Crippen molar-refractivity contribution in [3.05, 3.63) is 70.3 Å². The summed E-state index contributed by atoms with van der Waals surface area (Å²) in [6.07, 6.45) is 3.96. The molecule has 0 spiro atoms. The van der Waals surface area contributed by atoms with Gasteiger partial charge in [0, 0.05) is 17.3 Å². The van der Waals surface area contributed by atoms with Crippen LogP contribution in [0.25, 0.3) is 5.57 Å². The third kappa shape index (κ3) is 3.97. The topological polar surface area (TPSA) is 44.7 Å². The highest BCUT2D eigenvalue weighted by atomic mass is 35.5. The van der Waals surface area contributed by atoms with Crippen LogP contribution in [0, 0.1) is 0 Å². The number of hydrogen-bond donors (Lipinski definition) is 1. The first-order valence-corrected chi connectivity index (χ1v) is 9.79. The second-order valence-corrected chi connectivity index (χ2v) is 8.31. The molecule has 1 N–H and O–H groups in total. The van der Waals surface area contributed by atoms with Gasteiger partial charge in [0.1, 0.15) is 0 Å². The summed E-state index contributed by atoms with van der Waals surface area (Å²) < 4.78 is 0. The highest BCUT2D eigenvalue weighted by molar-refractivity contribution is 6.33. The number of benzene rings is 2. The molecule has 0 saturated carbocycles. The van der Waals surface area contributed by atoms with E-state index >= 15 is 0 Å². The van der Waals surface area contributed by atoms with Crippen LogP contribution in [0.4, 0.5) is 5.69 Å². The van der Waals surface area contributed by atoms with Crippen LogP contribution in [-0.4, -0.2) is 23.7 Å². The number of fused-ring (bicyclic) bond motifs is 1. The largest absolute Gasteiger partial charge is 0.360 e. The van der Waals surface area contributed by atoms with Crippen LogP contribution in [0.1, 0.15) is 56.1 Å². The molecular weight excluding hydrogens is 370 g/mol.